The zero-order valence-electron chi connectivity index (χ0n) is 14.0. The van der Waals surface area contributed by atoms with Gasteiger partial charge in [-0.2, -0.15) is 0 Å². The molecule has 1 aromatic heterocycles. The van der Waals surface area contributed by atoms with Crippen LogP contribution < -0.4 is 9.47 Å². The van der Waals surface area contributed by atoms with Gasteiger partial charge < -0.3 is 19.5 Å². The van der Waals surface area contributed by atoms with Crippen molar-refractivity contribution >= 4 is 17.2 Å². The second-order valence-corrected chi connectivity index (χ2v) is 7.51. The number of hydrogen-bond acceptors (Lipinski definition) is 6. The van der Waals surface area contributed by atoms with Crippen LogP contribution in [0, 0.1) is 6.92 Å². The molecule has 1 saturated heterocycles. The summed E-state index contributed by atoms with van der Waals surface area (Å²) in [4.78, 5) is 18.5. The van der Waals surface area contributed by atoms with Gasteiger partial charge >= 0.3 is 0 Å². The maximum Gasteiger partial charge on any atom is 0.231 e. The lowest BCUT2D eigenvalue weighted by molar-refractivity contribution is -0.134. The Kier molecular flexibility index (Phi) is 4.35. The third-order valence-corrected chi connectivity index (χ3v) is 5.58. The number of thiazole rings is 1. The van der Waals surface area contributed by atoms with Crippen LogP contribution in [0.2, 0.25) is 0 Å². The average molecular weight is 360 g/mol. The lowest BCUT2D eigenvalue weighted by Gasteiger charge is -2.36. The highest BCUT2D eigenvalue weighted by molar-refractivity contribution is 7.09. The first-order valence-electron chi connectivity index (χ1n) is 8.36. The van der Waals surface area contributed by atoms with Crippen molar-refractivity contribution in [3.63, 3.8) is 0 Å². The number of aliphatic hydroxyl groups is 1. The van der Waals surface area contributed by atoms with Crippen LogP contribution in [0.15, 0.2) is 23.6 Å². The standard InChI is InChI=1S/C18H20N2O4S/c1-11-19-13(9-25-11)7-18(22)20-5-4-14(15(21)8-20)12-2-3-16-17(6-12)24-10-23-16/h2-3,6,9,14-15,21H,4-5,7-8,10H2,1H3/t14-,15+/m0/s1. The molecule has 2 aliphatic heterocycles. The summed E-state index contributed by atoms with van der Waals surface area (Å²) in [5.74, 6) is 1.49. The molecular weight excluding hydrogens is 340 g/mol. The Morgan fingerprint density at radius 2 is 2.24 bits per heavy atom. The summed E-state index contributed by atoms with van der Waals surface area (Å²) in [5, 5.41) is 13.5. The van der Waals surface area contributed by atoms with Crippen molar-refractivity contribution < 1.29 is 19.4 Å². The van der Waals surface area contributed by atoms with E-state index in [1.54, 1.807) is 16.2 Å². The lowest BCUT2D eigenvalue weighted by atomic mass is 9.86. The second kappa shape index (κ2) is 6.65. The monoisotopic (exact) mass is 360 g/mol. The summed E-state index contributed by atoms with van der Waals surface area (Å²) in [7, 11) is 0. The Morgan fingerprint density at radius 1 is 1.40 bits per heavy atom. The van der Waals surface area contributed by atoms with Crippen molar-refractivity contribution in [3.05, 3.63) is 39.8 Å². The Bertz CT molecular complexity index is 791. The van der Waals surface area contributed by atoms with Gasteiger partial charge in [-0.25, -0.2) is 4.98 Å². The first-order chi connectivity index (χ1) is 12.1. The summed E-state index contributed by atoms with van der Waals surface area (Å²) < 4.78 is 10.8. The van der Waals surface area contributed by atoms with Crippen molar-refractivity contribution in [3.8, 4) is 11.5 Å². The van der Waals surface area contributed by atoms with Crippen molar-refractivity contribution in [2.75, 3.05) is 19.9 Å². The van der Waals surface area contributed by atoms with Crippen LogP contribution in [0.1, 0.15) is 28.6 Å². The molecule has 2 atom stereocenters. The highest BCUT2D eigenvalue weighted by atomic mass is 32.1. The molecule has 0 unspecified atom stereocenters. The predicted molar refractivity (Wildman–Crippen MR) is 93.1 cm³/mol. The zero-order valence-corrected chi connectivity index (χ0v) is 14.8. The largest absolute Gasteiger partial charge is 0.454 e. The molecule has 132 valence electrons. The maximum absolute atomic E-state index is 12.5. The molecule has 0 radical (unpaired) electrons. The van der Waals surface area contributed by atoms with E-state index in [0.717, 1.165) is 34.2 Å². The number of rotatable bonds is 3. The van der Waals surface area contributed by atoms with Gasteiger partial charge in [0.2, 0.25) is 12.7 Å². The molecule has 3 heterocycles. The van der Waals surface area contributed by atoms with Gasteiger partial charge in [-0.15, -0.1) is 11.3 Å². The van der Waals surface area contributed by atoms with Crippen molar-refractivity contribution in [1.29, 1.82) is 0 Å². The first-order valence-corrected chi connectivity index (χ1v) is 9.24. The number of β-amino-alcohol motifs (C(OH)–C–C–N with tert-alkyl or cyclic N) is 1. The summed E-state index contributed by atoms with van der Waals surface area (Å²) >= 11 is 1.55. The van der Waals surface area contributed by atoms with Crippen molar-refractivity contribution in [2.24, 2.45) is 0 Å². The zero-order chi connectivity index (χ0) is 17.4. The quantitative estimate of drug-likeness (QED) is 0.908. The molecule has 1 N–H and O–H groups in total. The number of aliphatic hydroxyl groups excluding tert-OH is 1. The second-order valence-electron chi connectivity index (χ2n) is 6.45. The average Bonchev–Trinajstić information content (AvgIpc) is 3.22. The third-order valence-electron chi connectivity index (χ3n) is 4.76. The number of hydrogen-bond donors (Lipinski definition) is 1. The normalized spacial score (nSPS) is 22.2. The van der Waals surface area contributed by atoms with E-state index in [1.807, 2.05) is 30.5 Å². The lowest BCUT2D eigenvalue weighted by Crippen LogP contribution is -2.46. The van der Waals surface area contributed by atoms with Gasteiger partial charge in [-0.3, -0.25) is 4.79 Å². The molecule has 25 heavy (non-hydrogen) atoms. The van der Waals surface area contributed by atoms with E-state index < -0.39 is 6.10 Å². The molecule has 1 amide bonds. The van der Waals surface area contributed by atoms with E-state index in [9.17, 15) is 9.90 Å². The smallest absolute Gasteiger partial charge is 0.231 e. The van der Waals surface area contributed by atoms with E-state index in [2.05, 4.69) is 4.98 Å². The molecule has 2 aromatic rings. The van der Waals surface area contributed by atoms with Crippen LogP contribution in [0.25, 0.3) is 0 Å². The molecule has 0 bridgehead atoms. The molecule has 1 aromatic carbocycles. The van der Waals surface area contributed by atoms with Gasteiger partial charge in [0.05, 0.1) is 23.2 Å². The molecular formula is C18H20N2O4S. The highest BCUT2D eigenvalue weighted by Gasteiger charge is 2.32. The van der Waals surface area contributed by atoms with Crippen LogP contribution in [0.4, 0.5) is 0 Å². The van der Waals surface area contributed by atoms with E-state index in [4.69, 9.17) is 9.47 Å². The molecule has 4 rings (SSSR count). The van der Waals surface area contributed by atoms with Crippen LogP contribution in [-0.2, 0) is 11.2 Å². The number of likely N-dealkylation sites (tertiary alicyclic amines) is 1. The van der Waals surface area contributed by atoms with Crippen LogP contribution in [0.3, 0.4) is 0 Å². The van der Waals surface area contributed by atoms with E-state index >= 15 is 0 Å². The van der Waals surface area contributed by atoms with Crippen LogP contribution in [-0.4, -0.2) is 46.9 Å². The molecule has 2 aliphatic rings. The van der Waals surface area contributed by atoms with E-state index in [1.165, 1.54) is 0 Å². The Hall–Kier alpha value is -2.12. The number of fused-ring (bicyclic) bond motifs is 1. The van der Waals surface area contributed by atoms with Gasteiger partial charge in [0.15, 0.2) is 11.5 Å². The minimum Gasteiger partial charge on any atom is -0.454 e. The summed E-state index contributed by atoms with van der Waals surface area (Å²) in [6.45, 7) is 3.16. The van der Waals surface area contributed by atoms with E-state index in [-0.39, 0.29) is 18.6 Å². The summed E-state index contributed by atoms with van der Waals surface area (Å²) in [5.41, 5.74) is 1.83. The number of piperidine rings is 1. The van der Waals surface area contributed by atoms with Crippen molar-refractivity contribution in [1.82, 2.24) is 9.88 Å². The minimum atomic E-state index is -0.588. The van der Waals surface area contributed by atoms with Gasteiger partial charge in [0.1, 0.15) is 0 Å². The Balaban J connectivity index is 1.41. The number of ether oxygens (including phenoxy) is 2. The number of amides is 1. The fourth-order valence-electron chi connectivity index (χ4n) is 3.45. The topological polar surface area (TPSA) is 71.9 Å². The summed E-state index contributed by atoms with van der Waals surface area (Å²) in [6.07, 6.45) is 0.434. The molecule has 1 fully saturated rings. The third kappa shape index (κ3) is 3.34. The van der Waals surface area contributed by atoms with Crippen LogP contribution in [0.5, 0.6) is 11.5 Å². The molecule has 0 saturated carbocycles. The SMILES string of the molecule is Cc1nc(CC(=O)N2CC[C@@H](c3ccc4c(c3)OCO4)[C@H](O)C2)cs1. The number of aromatic nitrogens is 1. The van der Waals surface area contributed by atoms with Gasteiger partial charge in [-0.1, -0.05) is 6.07 Å². The molecule has 6 nitrogen and oxygen atoms in total. The van der Waals surface area contributed by atoms with Gasteiger partial charge in [0.25, 0.3) is 0 Å². The van der Waals surface area contributed by atoms with Gasteiger partial charge in [-0.05, 0) is 31.0 Å². The number of aryl methyl sites for hydroxylation is 1. The van der Waals surface area contributed by atoms with E-state index in [0.29, 0.717) is 19.5 Å². The molecule has 0 spiro atoms. The van der Waals surface area contributed by atoms with Crippen LogP contribution >= 0.6 is 11.3 Å². The number of carbonyl (C=O) groups is 1. The van der Waals surface area contributed by atoms with Gasteiger partial charge in [0, 0.05) is 24.4 Å². The highest BCUT2D eigenvalue weighted by Crippen LogP contribution is 2.37. The number of nitrogens with zero attached hydrogens (tertiary/aromatic N) is 2. The predicted octanol–water partition coefficient (Wildman–Crippen LogP) is 2.10. The fraction of sp³-hybridized carbons (Fsp3) is 0.444. The first kappa shape index (κ1) is 16.4. The molecule has 7 heteroatoms. The minimum absolute atomic E-state index is 0.0000620. The number of benzene rings is 1. The Labute approximate surface area is 150 Å². The Morgan fingerprint density at radius 3 is 3.00 bits per heavy atom. The fourth-order valence-corrected chi connectivity index (χ4v) is 4.06. The maximum atomic E-state index is 12.5. The van der Waals surface area contributed by atoms with Crippen molar-refractivity contribution in [2.45, 2.75) is 31.8 Å². The number of carbonyl (C=O) groups excluding carboxylic acids is 1. The molecule has 0 aliphatic carbocycles. The summed E-state index contributed by atoms with van der Waals surface area (Å²) in [6, 6.07) is 5.79.